The first-order valence-electron chi connectivity index (χ1n) is 7.21. The first-order chi connectivity index (χ1) is 9.99. The molecule has 1 fully saturated rings. The zero-order valence-electron chi connectivity index (χ0n) is 12.5. The fourth-order valence-electron chi connectivity index (χ4n) is 2.53. The minimum atomic E-state index is -0.421. The Kier molecular flexibility index (Phi) is 5.03. The van der Waals surface area contributed by atoms with E-state index < -0.39 is 4.92 Å². The van der Waals surface area contributed by atoms with Crippen molar-refractivity contribution < 1.29 is 9.72 Å². The van der Waals surface area contributed by atoms with E-state index in [0.29, 0.717) is 24.1 Å². The number of nitro benzene ring substituents is 1. The van der Waals surface area contributed by atoms with E-state index in [1.165, 1.54) is 6.07 Å². The van der Waals surface area contributed by atoms with E-state index >= 15 is 0 Å². The second-order valence-electron chi connectivity index (χ2n) is 5.46. The van der Waals surface area contributed by atoms with Crippen LogP contribution in [0.5, 0.6) is 0 Å². The maximum absolute atomic E-state index is 12.3. The number of piperazine rings is 1. The number of carbonyl (C=O) groups is 1. The number of hydrogen-bond acceptors (Lipinski definition) is 5. The fourth-order valence-corrected chi connectivity index (χ4v) is 2.53. The Balaban J connectivity index is 2.06. The Morgan fingerprint density at radius 2 is 2.00 bits per heavy atom. The van der Waals surface area contributed by atoms with Gasteiger partial charge in [-0.05, 0) is 25.5 Å². The minimum absolute atomic E-state index is 0.0280. The van der Waals surface area contributed by atoms with Gasteiger partial charge in [0.15, 0.2) is 5.78 Å². The highest BCUT2D eigenvalue weighted by Crippen LogP contribution is 2.24. The summed E-state index contributed by atoms with van der Waals surface area (Å²) in [7, 11) is 0. The molecule has 21 heavy (non-hydrogen) atoms. The number of aryl methyl sites for hydroxylation is 1. The molecule has 0 amide bonds. The number of nitrogens with one attached hydrogen (secondary N) is 1. The van der Waals surface area contributed by atoms with Crippen LogP contribution in [-0.4, -0.2) is 48.3 Å². The van der Waals surface area contributed by atoms with E-state index in [1.54, 1.807) is 19.9 Å². The van der Waals surface area contributed by atoms with Crippen LogP contribution in [0.1, 0.15) is 27.9 Å². The molecule has 1 aliphatic rings. The Labute approximate surface area is 124 Å². The van der Waals surface area contributed by atoms with Crippen LogP contribution < -0.4 is 5.32 Å². The summed E-state index contributed by atoms with van der Waals surface area (Å²) in [6.07, 6.45) is 0.402. The second kappa shape index (κ2) is 6.78. The smallest absolute Gasteiger partial charge is 0.273 e. The van der Waals surface area contributed by atoms with Crippen molar-refractivity contribution in [1.82, 2.24) is 10.2 Å². The standard InChI is InChI=1S/C15H21N3O3/c1-11-9-13(10-14(12(11)2)18(20)21)15(19)3-6-17-7-4-16-5-8-17/h9-10,16H,3-8H2,1-2H3. The van der Waals surface area contributed by atoms with Gasteiger partial charge in [0, 0.05) is 56.3 Å². The largest absolute Gasteiger partial charge is 0.314 e. The van der Waals surface area contributed by atoms with Gasteiger partial charge in [0.1, 0.15) is 0 Å². The quantitative estimate of drug-likeness (QED) is 0.507. The monoisotopic (exact) mass is 291 g/mol. The van der Waals surface area contributed by atoms with E-state index in [9.17, 15) is 14.9 Å². The van der Waals surface area contributed by atoms with E-state index in [-0.39, 0.29) is 11.5 Å². The lowest BCUT2D eigenvalue weighted by atomic mass is 10.00. The molecule has 0 aromatic heterocycles. The fraction of sp³-hybridized carbons (Fsp3) is 0.533. The highest BCUT2D eigenvalue weighted by atomic mass is 16.6. The van der Waals surface area contributed by atoms with Gasteiger partial charge >= 0.3 is 0 Å². The van der Waals surface area contributed by atoms with Crippen LogP contribution in [0.15, 0.2) is 12.1 Å². The van der Waals surface area contributed by atoms with Gasteiger partial charge in [0.05, 0.1) is 4.92 Å². The van der Waals surface area contributed by atoms with Gasteiger partial charge in [-0.2, -0.15) is 0 Å². The molecule has 114 valence electrons. The molecule has 0 saturated carbocycles. The van der Waals surface area contributed by atoms with Crippen LogP contribution in [-0.2, 0) is 0 Å². The first kappa shape index (κ1) is 15.6. The first-order valence-corrected chi connectivity index (χ1v) is 7.21. The van der Waals surface area contributed by atoms with Crippen LogP contribution in [0, 0.1) is 24.0 Å². The number of nitrogens with zero attached hydrogens (tertiary/aromatic N) is 2. The number of hydrogen-bond donors (Lipinski definition) is 1. The van der Waals surface area contributed by atoms with Crippen LogP contribution in [0.2, 0.25) is 0 Å². The molecule has 0 radical (unpaired) electrons. The molecule has 1 N–H and O–H groups in total. The maximum Gasteiger partial charge on any atom is 0.273 e. The summed E-state index contributed by atoms with van der Waals surface area (Å²) in [5, 5.41) is 14.3. The Morgan fingerprint density at radius 3 is 2.62 bits per heavy atom. The van der Waals surface area contributed by atoms with Gasteiger partial charge in [0.25, 0.3) is 5.69 Å². The number of Topliss-reactive ketones (excluding diaryl/α,β-unsaturated/α-hetero) is 1. The summed E-state index contributed by atoms with van der Waals surface area (Å²) in [5.74, 6) is -0.0280. The average molecular weight is 291 g/mol. The van der Waals surface area contributed by atoms with Crippen molar-refractivity contribution >= 4 is 11.5 Å². The molecule has 6 nitrogen and oxygen atoms in total. The van der Waals surface area contributed by atoms with Gasteiger partial charge in [-0.1, -0.05) is 0 Å². The van der Waals surface area contributed by atoms with Crippen LogP contribution in [0.3, 0.4) is 0 Å². The van der Waals surface area contributed by atoms with Crippen molar-refractivity contribution in [2.75, 3.05) is 32.7 Å². The third kappa shape index (κ3) is 3.86. The predicted molar refractivity (Wildman–Crippen MR) is 80.8 cm³/mol. The molecule has 1 aromatic rings. The third-order valence-corrected chi connectivity index (χ3v) is 4.02. The summed E-state index contributed by atoms with van der Waals surface area (Å²) in [6.45, 7) is 8.01. The molecule has 1 aromatic carbocycles. The van der Waals surface area contributed by atoms with Gasteiger partial charge in [-0.15, -0.1) is 0 Å². The molecule has 0 bridgehead atoms. The Morgan fingerprint density at radius 1 is 1.33 bits per heavy atom. The van der Waals surface area contributed by atoms with Crippen LogP contribution in [0.25, 0.3) is 0 Å². The van der Waals surface area contributed by atoms with Crippen LogP contribution in [0.4, 0.5) is 5.69 Å². The topological polar surface area (TPSA) is 75.5 Å². The van der Waals surface area contributed by atoms with Crippen molar-refractivity contribution in [1.29, 1.82) is 0 Å². The lowest BCUT2D eigenvalue weighted by molar-refractivity contribution is -0.385. The summed E-state index contributed by atoms with van der Waals surface area (Å²) in [6, 6.07) is 3.16. The number of carbonyl (C=O) groups excluding carboxylic acids is 1. The van der Waals surface area contributed by atoms with Crippen LogP contribution >= 0.6 is 0 Å². The average Bonchev–Trinajstić information content (AvgIpc) is 2.48. The van der Waals surface area contributed by atoms with Gasteiger partial charge in [-0.3, -0.25) is 14.9 Å². The Hall–Kier alpha value is -1.79. The normalized spacial score (nSPS) is 15.9. The predicted octanol–water partition coefficient (Wildman–Crippen LogP) is 1.69. The molecule has 1 saturated heterocycles. The number of rotatable bonds is 5. The molecule has 0 spiro atoms. The summed E-state index contributed by atoms with van der Waals surface area (Å²) >= 11 is 0. The SMILES string of the molecule is Cc1cc(C(=O)CCN2CCNCC2)cc([N+](=O)[O-])c1C. The van der Waals surface area contributed by atoms with Crippen molar-refractivity contribution in [2.24, 2.45) is 0 Å². The van der Waals surface area contributed by atoms with Crippen molar-refractivity contribution in [3.8, 4) is 0 Å². The van der Waals surface area contributed by atoms with E-state index in [1.807, 2.05) is 0 Å². The Bertz CT molecular complexity index is 551. The number of nitro groups is 1. The lowest BCUT2D eigenvalue weighted by Crippen LogP contribution is -2.44. The molecule has 1 aliphatic heterocycles. The maximum atomic E-state index is 12.3. The van der Waals surface area contributed by atoms with Gasteiger partial charge in [0.2, 0.25) is 0 Å². The minimum Gasteiger partial charge on any atom is -0.314 e. The van der Waals surface area contributed by atoms with Gasteiger partial charge < -0.3 is 10.2 Å². The van der Waals surface area contributed by atoms with Crippen molar-refractivity contribution in [3.63, 3.8) is 0 Å². The van der Waals surface area contributed by atoms with E-state index in [0.717, 1.165) is 31.7 Å². The van der Waals surface area contributed by atoms with Crippen molar-refractivity contribution in [3.05, 3.63) is 38.9 Å². The molecule has 6 heteroatoms. The van der Waals surface area contributed by atoms with E-state index in [2.05, 4.69) is 10.2 Å². The zero-order chi connectivity index (χ0) is 15.4. The number of benzene rings is 1. The molecule has 0 atom stereocenters. The molecule has 2 rings (SSSR count). The second-order valence-corrected chi connectivity index (χ2v) is 5.46. The molecule has 0 aliphatic carbocycles. The zero-order valence-corrected chi connectivity index (χ0v) is 12.5. The van der Waals surface area contributed by atoms with Crippen molar-refractivity contribution in [2.45, 2.75) is 20.3 Å². The highest BCUT2D eigenvalue weighted by Gasteiger charge is 2.18. The van der Waals surface area contributed by atoms with Gasteiger partial charge in [-0.25, -0.2) is 0 Å². The molecule has 1 heterocycles. The lowest BCUT2D eigenvalue weighted by Gasteiger charge is -2.26. The molecular formula is C15H21N3O3. The molecule has 0 unspecified atom stereocenters. The summed E-state index contributed by atoms with van der Waals surface area (Å²) in [4.78, 5) is 25.1. The third-order valence-electron chi connectivity index (χ3n) is 4.02. The number of ketones is 1. The summed E-state index contributed by atoms with van der Waals surface area (Å²) < 4.78 is 0. The molecular weight excluding hydrogens is 270 g/mol. The highest BCUT2D eigenvalue weighted by molar-refractivity contribution is 5.97. The summed E-state index contributed by atoms with van der Waals surface area (Å²) in [5.41, 5.74) is 1.88. The van der Waals surface area contributed by atoms with E-state index in [4.69, 9.17) is 0 Å².